The van der Waals surface area contributed by atoms with Crippen LogP contribution in [0.4, 0.5) is 0 Å². The Morgan fingerprint density at radius 2 is 1.69 bits per heavy atom. The second-order valence-corrected chi connectivity index (χ2v) is 4.35. The van der Waals surface area contributed by atoms with Gasteiger partial charge in [0.1, 0.15) is 5.75 Å². The number of ether oxygens (including phenoxy) is 1. The lowest BCUT2D eigenvalue weighted by atomic mass is 10.1. The molecule has 1 nitrogen and oxygen atoms in total. The van der Waals surface area contributed by atoms with E-state index in [4.69, 9.17) is 4.74 Å². The van der Waals surface area contributed by atoms with Crippen molar-refractivity contribution in [1.82, 2.24) is 0 Å². The van der Waals surface area contributed by atoms with Crippen molar-refractivity contribution >= 4 is 14.5 Å². The Morgan fingerprint density at radius 3 is 2.31 bits per heavy atom. The minimum Gasteiger partial charge on any atom is -0.497 e. The van der Waals surface area contributed by atoms with E-state index in [0.717, 1.165) is 12.2 Å². The maximum absolute atomic E-state index is 5.14. The van der Waals surface area contributed by atoms with Crippen molar-refractivity contribution < 1.29 is 4.74 Å². The third kappa shape index (κ3) is 2.62. The highest BCUT2D eigenvalue weighted by molar-refractivity contribution is 7.27. The van der Waals surface area contributed by atoms with Crippen LogP contribution in [0, 0.1) is 0 Å². The highest BCUT2D eigenvalue weighted by atomic mass is 31.0. The first-order chi connectivity index (χ1) is 7.79. The fourth-order valence-electron chi connectivity index (χ4n) is 1.66. The van der Waals surface area contributed by atoms with Crippen LogP contribution in [0.1, 0.15) is 11.1 Å². The number of benzene rings is 2. The molecule has 0 aliphatic carbocycles. The zero-order chi connectivity index (χ0) is 11.4. The number of hydrogen-bond donors (Lipinski definition) is 0. The van der Waals surface area contributed by atoms with E-state index in [1.54, 1.807) is 7.11 Å². The Balaban J connectivity index is 2.18. The van der Waals surface area contributed by atoms with E-state index < -0.39 is 0 Å². The summed E-state index contributed by atoms with van der Waals surface area (Å²) >= 11 is 0. The first kappa shape index (κ1) is 11.2. The lowest BCUT2D eigenvalue weighted by Gasteiger charge is -2.06. The first-order valence-corrected chi connectivity index (χ1v) is 5.83. The van der Waals surface area contributed by atoms with E-state index in [0.29, 0.717) is 0 Å². The lowest BCUT2D eigenvalue weighted by Crippen LogP contribution is -2.01. The van der Waals surface area contributed by atoms with Gasteiger partial charge < -0.3 is 4.74 Å². The summed E-state index contributed by atoms with van der Waals surface area (Å²) in [6.45, 7) is 0. The van der Waals surface area contributed by atoms with Crippen LogP contribution in [0.15, 0.2) is 48.5 Å². The largest absolute Gasteiger partial charge is 0.497 e. The van der Waals surface area contributed by atoms with Crippen molar-refractivity contribution in [2.75, 3.05) is 7.11 Å². The second-order valence-electron chi connectivity index (χ2n) is 3.72. The molecule has 0 saturated heterocycles. The summed E-state index contributed by atoms with van der Waals surface area (Å²) in [5, 5.41) is 1.26. The Hall–Kier alpha value is -1.33. The Morgan fingerprint density at radius 1 is 1.00 bits per heavy atom. The minimum atomic E-state index is 0.905. The maximum atomic E-state index is 5.14. The molecule has 0 spiro atoms. The molecule has 0 aliphatic rings. The molecule has 0 radical (unpaired) electrons. The summed E-state index contributed by atoms with van der Waals surface area (Å²) in [6.07, 6.45) is 0.962. The fraction of sp³-hybridized carbons (Fsp3) is 0.143. The number of hydrogen-bond acceptors (Lipinski definition) is 1. The van der Waals surface area contributed by atoms with E-state index in [9.17, 15) is 0 Å². The summed E-state index contributed by atoms with van der Waals surface area (Å²) < 4.78 is 5.14. The Bertz CT molecular complexity index is 462. The van der Waals surface area contributed by atoms with E-state index in [1.165, 1.54) is 16.4 Å². The van der Waals surface area contributed by atoms with Gasteiger partial charge in [-0.25, -0.2) is 0 Å². The third-order valence-electron chi connectivity index (χ3n) is 2.61. The highest BCUT2D eigenvalue weighted by Gasteiger charge is 1.99. The van der Waals surface area contributed by atoms with Crippen LogP contribution in [0.2, 0.25) is 0 Å². The van der Waals surface area contributed by atoms with Crippen molar-refractivity contribution in [1.29, 1.82) is 0 Å². The van der Waals surface area contributed by atoms with E-state index in [2.05, 4.69) is 45.6 Å². The Kier molecular flexibility index (Phi) is 3.58. The van der Waals surface area contributed by atoms with E-state index in [-0.39, 0.29) is 0 Å². The zero-order valence-electron chi connectivity index (χ0n) is 9.31. The van der Waals surface area contributed by atoms with Crippen LogP contribution in [0.5, 0.6) is 5.75 Å². The molecular weight excluding hydrogens is 215 g/mol. The summed E-state index contributed by atoms with van der Waals surface area (Å²) in [4.78, 5) is 0. The smallest absolute Gasteiger partial charge is 0.118 e. The monoisotopic (exact) mass is 230 g/mol. The molecule has 0 amide bonds. The molecule has 0 N–H and O–H groups in total. The highest BCUT2D eigenvalue weighted by Crippen LogP contribution is 2.14. The summed E-state index contributed by atoms with van der Waals surface area (Å²) in [5.74, 6) is 0.905. The average molecular weight is 230 g/mol. The fourth-order valence-corrected chi connectivity index (χ4v) is 1.97. The molecule has 0 aromatic heterocycles. The minimum absolute atomic E-state index is 0.905. The van der Waals surface area contributed by atoms with Crippen LogP contribution in [0.3, 0.4) is 0 Å². The van der Waals surface area contributed by atoms with Crippen LogP contribution in [0.25, 0.3) is 0 Å². The molecule has 2 aromatic carbocycles. The van der Waals surface area contributed by atoms with Crippen LogP contribution < -0.4 is 10.0 Å². The van der Waals surface area contributed by atoms with Crippen molar-refractivity contribution in [3.8, 4) is 5.75 Å². The predicted molar refractivity (Wildman–Crippen MR) is 71.6 cm³/mol. The molecule has 82 valence electrons. The second kappa shape index (κ2) is 5.14. The van der Waals surface area contributed by atoms with Crippen LogP contribution in [-0.4, -0.2) is 7.11 Å². The van der Waals surface area contributed by atoms with Gasteiger partial charge in [0.15, 0.2) is 0 Å². The van der Waals surface area contributed by atoms with Gasteiger partial charge in [0, 0.05) is 0 Å². The quantitative estimate of drug-likeness (QED) is 0.737. The molecule has 2 aromatic rings. The molecule has 1 atom stereocenters. The molecule has 0 bridgehead atoms. The molecule has 0 saturated carbocycles. The molecule has 0 heterocycles. The van der Waals surface area contributed by atoms with E-state index in [1.807, 2.05) is 12.1 Å². The lowest BCUT2D eigenvalue weighted by molar-refractivity contribution is 0.414. The molecule has 16 heavy (non-hydrogen) atoms. The summed E-state index contributed by atoms with van der Waals surface area (Å²) in [6, 6.07) is 16.6. The van der Waals surface area contributed by atoms with E-state index >= 15 is 0 Å². The van der Waals surface area contributed by atoms with Crippen molar-refractivity contribution in [3.05, 3.63) is 59.7 Å². The first-order valence-electron chi connectivity index (χ1n) is 5.26. The van der Waals surface area contributed by atoms with Gasteiger partial charge in [-0.2, -0.15) is 0 Å². The van der Waals surface area contributed by atoms with Gasteiger partial charge in [0.05, 0.1) is 7.11 Å². The number of methoxy groups -OCH3 is 1. The predicted octanol–water partition coefficient (Wildman–Crippen LogP) is 2.79. The van der Waals surface area contributed by atoms with Gasteiger partial charge in [-0.1, -0.05) is 36.4 Å². The topological polar surface area (TPSA) is 9.23 Å². The van der Waals surface area contributed by atoms with Gasteiger partial charge in [0.25, 0.3) is 0 Å². The van der Waals surface area contributed by atoms with Crippen molar-refractivity contribution in [2.45, 2.75) is 6.42 Å². The summed E-state index contributed by atoms with van der Waals surface area (Å²) in [7, 11) is 4.46. The zero-order valence-corrected chi connectivity index (χ0v) is 10.5. The molecule has 0 fully saturated rings. The van der Waals surface area contributed by atoms with Crippen molar-refractivity contribution in [3.63, 3.8) is 0 Å². The summed E-state index contributed by atoms with van der Waals surface area (Å²) in [5.41, 5.74) is 2.65. The molecule has 0 aliphatic heterocycles. The average Bonchev–Trinajstić information content (AvgIpc) is 2.33. The Labute approximate surface area is 98.7 Å². The van der Waals surface area contributed by atoms with Gasteiger partial charge in [-0.05, 0) is 35.0 Å². The third-order valence-corrected chi connectivity index (χ3v) is 3.17. The van der Waals surface area contributed by atoms with Gasteiger partial charge in [-0.15, -0.1) is 9.24 Å². The normalized spacial score (nSPS) is 10.1. The van der Waals surface area contributed by atoms with Gasteiger partial charge >= 0.3 is 0 Å². The van der Waals surface area contributed by atoms with Crippen LogP contribution in [-0.2, 0) is 6.42 Å². The molecule has 2 heteroatoms. The van der Waals surface area contributed by atoms with Crippen molar-refractivity contribution in [2.24, 2.45) is 0 Å². The maximum Gasteiger partial charge on any atom is 0.118 e. The molecule has 1 unspecified atom stereocenters. The standard InChI is InChI=1S/C14H15OP/c1-15-13-8-6-11(7-9-13)10-12-4-2-3-5-14(12)16/h2-9H,10,16H2,1H3. The SMILES string of the molecule is COc1ccc(Cc2ccccc2P)cc1. The van der Waals surface area contributed by atoms with Gasteiger partial charge in [0.2, 0.25) is 0 Å². The number of rotatable bonds is 3. The molecule has 2 rings (SSSR count). The van der Waals surface area contributed by atoms with Gasteiger partial charge in [-0.3, -0.25) is 0 Å². The van der Waals surface area contributed by atoms with Crippen LogP contribution >= 0.6 is 9.24 Å². The molecular formula is C14H15OP.